The standard InChI is InChI=1S/C14H14O4S/c1-2-18-11-6-4-3-5-9(11)12(15)13-10(14(16)17)7-8-19-13/h3-8,12,15H,2H2,1H3,(H,16,17). The average molecular weight is 278 g/mol. The molecule has 2 rings (SSSR count). The lowest BCUT2D eigenvalue weighted by molar-refractivity contribution is 0.0692. The lowest BCUT2D eigenvalue weighted by Gasteiger charge is -2.15. The summed E-state index contributed by atoms with van der Waals surface area (Å²) in [5.41, 5.74) is 0.707. The molecule has 0 aliphatic rings. The van der Waals surface area contributed by atoms with Gasteiger partial charge >= 0.3 is 5.97 Å². The van der Waals surface area contributed by atoms with Gasteiger partial charge in [-0.05, 0) is 24.4 Å². The summed E-state index contributed by atoms with van der Waals surface area (Å²) in [4.78, 5) is 11.5. The summed E-state index contributed by atoms with van der Waals surface area (Å²) >= 11 is 1.22. The summed E-state index contributed by atoms with van der Waals surface area (Å²) in [6.45, 7) is 2.34. The quantitative estimate of drug-likeness (QED) is 0.882. The van der Waals surface area contributed by atoms with Crippen LogP contribution in [0.1, 0.15) is 33.8 Å². The van der Waals surface area contributed by atoms with Crippen LogP contribution >= 0.6 is 11.3 Å². The first-order chi connectivity index (χ1) is 9.15. The Morgan fingerprint density at radius 3 is 2.79 bits per heavy atom. The highest BCUT2D eigenvalue weighted by Gasteiger charge is 2.22. The SMILES string of the molecule is CCOc1ccccc1C(O)c1sccc1C(=O)O. The molecule has 100 valence electrons. The molecule has 5 heteroatoms. The number of benzene rings is 1. The summed E-state index contributed by atoms with van der Waals surface area (Å²) in [7, 11) is 0. The molecule has 1 aromatic heterocycles. The van der Waals surface area contributed by atoms with Crippen molar-refractivity contribution in [2.24, 2.45) is 0 Å². The Morgan fingerprint density at radius 1 is 1.37 bits per heavy atom. The van der Waals surface area contributed by atoms with Crippen molar-refractivity contribution in [1.82, 2.24) is 0 Å². The highest BCUT2D eigenvalue weighted by atomic mass is 32.1. The molecule has 1 unspecified atom stereocenters. The first-order valence-corrected chi connectivity index (χ1v) is 6.73. The van der Waals surface area contributed by atoms with Crippen LogP contribution in [0.15, 0.2) is 35.7 Å². The monoisotopic (exact) mass is 278 g/mol. The lowest BCUT2D eigenvalue weighted by atomic mass is 10.0. The van der Waals surface area contributed by atoms with E-state index in [9.17, 15) is 9.90 Å². The first kappa shape index (κ1) is 13.6. The second-order valence-electron chi connectivity index (χ2n) is 3.88. The molecule has 19 heavy (non-hydrogen) atoms. The Bertz CT molecular complexity index is 576. The topological polar surface area (TPSA) is 66.8 Å². The number of carboxylic acid groups (broad SMARTS) is 1. The maximum atomic E-state index is 11.1. The number of hydrogen-bond donors (Lipinski definition) is 2. The van der Waals surface area contributed by atoms with Gasteiger partial charge in [-0.3, -0.25) is 0 Å². The molecule has 0 bridgehead atoms. The number of hydrogen-bond acceptors (Lipinski definition) is 4. The van der Waals surface area contributed by atoms with Crippen LogP contribution in [0.3, 0.4) is 0 Å². The van der Waals surface area contributed by atoms with Crippen LogP contribution in [-0.4, -0.2) is 22.8 Å². The number of aliphatic hydroxyl groups excluding tert-OH is 1. The molecule has 0 aliphatic carbocycles. The molecule has 4 nitrogen and oxygen atoms in total. The highest BCUT2D eigenvalue weighted by Crippen LogP contribution is 2.34. The molecule has 0 saturated heterocycles. The molecule has 0 saturated carbocycles. The van der Waals surface area contributed by atoms with Crippen molar-refractivity contribution in [2.45, 2.75) is 13.0 Å². The summed E-state index contributed by atoms with van der Waals surface area (Å²) in [5, 5.41) is 21.1. The van der Waals surface area contributed by atoms with Crippen LogP contribution in [0.25, 0.3) is 0 Å². The van der Waals surface area contributed by atoms with Crippen LogP contribution < -0.4 is 4.74 Å². The second kappa shape index (κ2) is 5.86. The number of carboxylic acids is 1. The predicted octanol–water partition coefficient (Wildman–Crippen LogP) is 2.93. The fourth-order valence-corrected chi connectivity index (χ4v) is 2.73. The molecule has 0 aliphatic heterocycles. The second-order valence-corrected chi connectivity index (χ2v) is 4.82. The summed E-state index contributed by atoms with van der Waals surface area (Å²) in [6, 6.07) is 8.59. The molecule has 0 radical (unpaired) electrons. The molecule has 1 atom stereocenters. The molecule has 1 aromatic carbocycles. The van der Waals surface area contributed by atoms with E-state index >= 15 is 0 Å². The van der Waals surface area contributed by atoms with E-state index in [1.807, 2.05) is 13.0 Å². The van der Waals surface area contributed by atoms with Crippen molar-refractivity contribution in [2.75, 3.05) is 6.61 Å². The fourth-order valence-electron chi connectivity index (χ4n) is 1.84. The zero-order valence-corrected chi connectivity index (χ0v) is 11.2. The van der Waals surface area contributed by atoms with Crippen LogP contribution in [-0.2, 0) is 0 Å². The van der Waals surface area contributed by atoms with E-state index in [0.29, 0.717) is 22.8 Å². The molecule has 2 N–H and O–H groups in total. The Morgan fingerprint density at radius 2 is 2.11 bits per heavy atom. The van der Waals surface area contributed by atoms with Gasteiger partial charge < -0.3 is 14.9 Å². The lowest BCUT2D eigenvalue weighted by Crippen LogP contribution is -2.07. The molecule has 2 aromatic rings. The van der Waals surface area contributed by atoms with Crippen molar-refractivity contribution >= 4 is 17.3 Å². The summed E-state index contributed by atoms with van der Waals surface area (Å²) < 4.78 is 5.45. The van der Waals surface area contributed by atoms with Gasteiger partial charge in [0.1, 0.15) is 11.9 Å². The molecular weight excluding hydrogens is 264 g/mol. The summed E-state index contributed by atoms with van der Waals surface area (Å²) in [6.07, 6.45) is -0.992. The van der Waals surface area contributed by atoms with Crippen molar-refractivity contribution in [3.8, 4) is 5.75 Å². The molecular formula is C14H14O4S. The maximum Gasteiger partial charge on any atom is 0.336 e. The molecule has 0 fully saturated rings. The smallest absolute Gasteiger partial charge is 0.336 e. The van der Waals surface area contributed by atoms with Gasteiger partial charge in [-0.1, -0.05) is 18.2 Å². The number of aromatic carboxylic acids is 1. The molecule has 0 spiro atoms. The van der Waals surface area contributed by atoms with E-state index in [1.54, 1.807) is 23.6 Å². The van der Waals surface area contributed by atoms with Gasteiger partial charge in [0.05, 0.1) is 17.0 Å². The third kappa shape index (κ3) is 2.77. The Hall–Kier alpha value is -1.85. The predicted molar refractivity (Wildman–Crippen MR) is 73.0 cm³/mol. The van der Waals surface area contributed by atoms with Crippen molar-refractivity contribution < 1.29 is 19.7 Å². The minimum atomic E-state index is -1.04. The Labute approximate surface area is 114 Å². The normalized spacial score (nSPS) is 12.1. The maximum absolute atomic E-state index is 11.1. The van der Waals surface area contributed by atoms with Gasteiger partial charge in [0, 0.05) is 5.56 Å². The van der Waals surface area contributed by atoms with Crippen molar-refractivity contribution in [1.29, 1.82) is 0 Å². The molecule has 1 heterocycles. The van der Waals surface area contributed by atoms with Gasteiger partial charge in [0.2, 0.25) is 0 Å². The van der Waals surface area contributed by atoms with E-state index in [4.69, 9.17) is 9.84 Å². The van der Waals surface area contributed by atoms with E-state index in [0.717, 1.165) is 0 Å². The zero-order valence-electron chi connectivity index (χ0n) is 10.4. The van der Waals surface area contributed by atoms with Crippen LogP contribution in [0.4, 0.5) is 0 Å². The number of carbonyl (C=O) groups is 1. The van der Waals surface area contributed by atoms with E-state index in [-0.39, 0.29) is 5.56 Å². The van der Waals surface area contributed by atoms with Crippen molar-refractivity contribution in [3.63, 3.8) is 0 Å². The Kier molecular flexibility index (Phi) is 4.19. The van der Waals surface area contributed by atoms with Crippen molar-refractivity contribution in [3.05, 3.63) is 51.7 Å². The number of thiophene rings is 1. The van der Waals surface area contributed by atoms with E-state index in [2.05, 4.69) is 0 Å². The number of ether oxygens (including phenoxy) is 1. The fraction of sp³-hybridized carbons (Fsp3) is 0.214. The largest absolute Gasteiger partial charge is 0.493 e. The minimum Gasteiger partial charge on any atom is -0.493 e. The number of para-hydroxylation sites is 1. The van der Waals surface area contributed by atoms with Crippen LogP contribution in [0.2, 0.25) is 0 Å². The third-order valence-corrected chi connectivity index (χ3v) is 3.66. The van der Waals surface area contributed by atoms with Crippen LogP contribution in [0, 0.1) is 0 Å². The number of aliphatic hydroxyl groups is 1. The average Bonchev–Trinajstić information content (AvgIpc) is 2.88. The zero-order chi connectivity index (χ0) is 13.8. The molecule has 0 amide bonds. The van der Waals surface area contributed by atoms with E-state index < -0.39 is 12.1 Å². The highest BCUT2D eigenvalue weighted by molar-refractivity contribution is 7.10. The van der Waals surface area contributed by atoms with E-state index in [1.165, 1.54) is 17.4 Å². The third-order valence-electron chi connectivity index (χ3n) is 2.69. The number of rotatable bonds is 5. The Balaban J connectivity index is 2.41. The summed E-state index contributed by atoms with van der Waals surface area (Å²) in [5.74, 6) is -0.466. The minimum absolute atomic E-state index is 0.129. The van der Waals surface area contributed by atoms with Gasteiger partial charge in [-0.2, -0.15) is 0 Å². The van der Waals surface area contributed by atoms with Gasteiger partial charge in [-0.15, -0.1) is 11.3 Å². The van der Waals surface area contributed by atoms with Gasteiger partial charge in [-0.25, -0.2) is 4.79 Å². The van der Waals surface area contributed by atoms with Gasteiger partial charge in [0.25, 0.3) is 0 Å². The van der Waals surface area contributed by atoms with Gasteiger partial charge in [0.15, 0.2) is 0 Å². The first-order valence-electron chi connectivity index (χ1n) is 5.85. The van der Waals surface area contributed by atoms with Crippen LogP contribution in [0.5, 0.6) is 5.75 Å².